The Morgan fingerprint density at radius 3 is 2.84 bits per heavy atom. The lowest BCUT2D eigenvalue weighted by Crippen LogP contribution is -2.18. The van der Waals surface area contributed by atoms with Gasteiger partial charge in [0, 0.05) is 24.8 Å². The van der Waals surface area contributed by atoms with Crippen molar-refractivity contribution >= 4 is 0 Å². The number of nitrogens with one attached hydrogen (secondary N) is 1. The van der Waals surface area contributed by atoms with E-state index >= 15 is 0 Å². The Morgan fingerprint density at radius 1 is 1.32 bits per heavy atom. The van der Waals surface area contributed by atoms with Gasteiger partial charge in [0.25, 0.3) is 0 Å². The second-order valence-corrected chi connectivity index (χ2v) is 4.82. The molecular formula is C15H21N3O. The summed E-state index contributed by atoms with van der Waals surface area (Å²) in [5.74, 6) is 1.99. The smallest absolute Gasteiger partial charge is 0.118 e. The fourth-order valence-electron chi connectivity index (χ4n) is 2.12. The molecule has 4 nitrogen and oxygen atoms in total. The Morgan fingerprint density at radius 2 is 2.16 bits per heavy atom. The second kappa shape index (κ2) is 6.50. The highest BCUT2D eigenvalue weighted by Gasteiger charge is 2.10. The molecule has 0 saturated heterocycles. The number of furan rings is 1. The van der Waals surface area contributed by atoms with E-state index in [1.807, 2.05) is 38.4 Å². The van der Waals surface area contributed by atoms with Crippen LogP contribution in [-0.4, -0.2) is 24.0 Å². The SMILES string of the molecule is CNCc1cc(CN(C)Cc2ccccn2)c(C)o1. The van der Waals surface area contributed by atoms with Crippen LogP contribution in [0.3, 0.4) is 0 Å². The van der Waals surface area contributed by atoms with Gasteiger partial charge in [0.1, 0.15) is 11.5 Å². The third-order valence-electron chi connectivity index (χ3n) is 3.02. The molecule has 0 aromatic carbocycles. The predicted octanol–water partition coefficient (Wildman–Crippen LogP) is 2.33. The molecule has 2 aromatic rings. The van der Waals surface area contributed by atoms with E-state index in [2.05, 4.69) is 28.3 Å². The molecule has 0 atom stereocenters. The number of pyridine rings is 1. The Bertz CT molecular complexity index is 507. The molecule has 2 rings (SSSR count). The van der Waals surface area contributed by atoms with Crippen LogP contribution in [0.2, 0.25) is 0 Å². The number of hydrogen-bond donors (Lipinski definition) is 1. The normalized spacial score (nSPS) is 11.2. The molecule has 0 spiro atoms. The third-order valence-corrected chi connectivity index (χ3v) is 3.02. The summed E-state index contributed by atoms with van der Waals surface area (Å²) >= 11 is 0. The van der Waals surface area contributed by atoms with Gasteiger partial charge in [-0.3, -0.25) is 9.88 Å². The van der Waals surface area contributed by atoms with Crippen molar-refractivity contribution in [2.24, 2.45) is 0 Å². The molecular weight excluding hydrogens is 238 g/mol. The standard InChI is InChI=1S/C15H21N3O/c1-12-13(8-15(19-12)9-16-2)10-18(3)11-14-6-4-5-7-17-14/h4-8,16H,9-11H2,1-3H3. The molecule has 0 unspecified atom stereocenters. The largest absolute Gasteiger partial charge is 0.465 e. The van der Waals surface area contributed by atoms with Crippen LogP contribution in [0.15, 0.2) is 34.9 Å². The maximum absolute atomic E-state index is 5.70. The molecule has 102 valence electrons. The van der Waals surface area contributed by atoms with Gasteiger partial charge < -0.3 is 9.73 Å². The first-order valence-electron chi connectivity index (χ1n) is 6.50. The maximum atomic E-state index is 5.70. The zero-order chi connectivity index (χ0) is 13.7. The molecule has 0 amide bonds. The van der Waals surface area contributed by atoms with Crippen molar-refractivity contribution in [3.05, 3.63) is 53.2 Å². The van der Waals surface area contributed by atoms with Crippen molar-refractivity contribution in [1.82, 2.24) is 15.2 Å². The summed E-state index contributed by atoms with van der Waals surface area (Å²) in [5.41, 5.74) is 2.32. The highest BCUT2D eigenvalue weighted by molar-refractivity contribution is 5.20. The Balaban J connectivity index is 1.96. The summed E-state index contributed by atoms with van der Waals surface area (Å²) in [6.45, 7) is 4.50. The lowest BCUT2D eigenvalue weighted by Gasteiger charge is -2.15. The highest BCUT2D eigenvalue weighted by Crippen LogP contribution is 2.16. The Kier molecular flexibility index (Phi) is 4.71. The summed E-state index contributed by atoms with van der Waals surface area (Å²) in [5, 5.41) is 3.10. The molecule has 2 heterocycles. The van der Waals surface area contributed by atoms with Crippen molar-refractivity contribution in [1.29, 1.82) is 0 Å². The van der Waals surface area contributed by atoms with Crippen molar-refractivity contribution in [2.45, 2.75) is 26.6 Å². The van der Waals surface area contributed by atoms with Crippen molar-refractivity contribution < 1.29 is 4.42 Å². The van der Waals surface area contributed by atoms with E-state index < -0.39 is 0 Å². The fourth-order valence-corrected chi connectivity index (χ4v) is 2.12. The number of aryl methyl sites for hydroxylation is 1. The molecule has 0 saturated carbocycles. The van der Waals surface area contributed by atoms with Gasteiger partial charge in [-0.05, 0) is 39.2 Å². The Hall–Kier alpha value is -1.65. The molecule has 0 fully saturated rings. The molecule has 19 heavy (non-hydrogen) atoms. The summed E-state index contributed by atoms with van der Waals surface area (Å²) < 4.78 is 5.70. The molecule has 0 bridgehead atoms. The number of rotatable bonds is 6. The van der Waals surface area contributed by atoms with Crippen LogP contribution < -0.4 is 5.32 Å². The van der Waals surface area contributed by atoms with Gasteiger partial charge in [-0.2, -0.15) is 0 Å². The molecule has 2 aromatic heterocycles. The average molecular weight is 259 g/mol. The van der Waals surface area contributed by atoms with E-state index in [-0.39, 0.29) is 0 Å². The summed E-state index contributed by atoms with van der Waals surface area (Å²) in [6.07, 6.45) is 1.83. The van der Waals surface area contributed by atoms with Gasteiger partial charge >= 0.3 is 0 Å². The summed E-state index contributed by atoms with van der Waals surface area (Å²) in [7, 11) is 4.02. The maximum Gasteiger partial charge on any atom is 0.118 e. The van der Waals surface area contributed by atoms with E-state index in [1.54, 1.807) is 0 Å². The zero-order valence-electron chi connectivity index (χ0n) is 11.8. The molecule has 4 heteroatoms. The van der Waals surface area contributed by atoms with Crippen LogP contribution in [0.5, 0.6) is 0 Å². The van der Waals surface area contributed by atoms with Gasteiger partial charge in [0.05, 0.1) is 12.2 Å². The van der Waals surface area contributed by atoms with Gasteiger partial charge in [-0.25, -0.2) is 0 Å². The van der Waals surface area contributed by atoms with E-state index in [0.717, 1.165) is 36.8 Å². The lowest BCUT2D eigenvalue weighted by molar-refractivity contribution is 0.312. The second-order valence-electron chi connectivity index (χ2n) is 4.82. The van der Waals surface area contributed by atoms with Crippen LogP contribution in [-0.2, 0) is 19.6 Å². The highest BCUT2D eigenvalue weighted by atomic mass is 16.3. The van der Waals surface area contributed by atoms with E-state index in [1.165, 1.54) is 5.56 Å². The molecule has 0 aliphatic heterocycles. The topological polar surface area (TPSA) is 41.3 Å². The number of hydrogen-bond acceptors (Lipinski definition) is 4. The van der Waals surface area contributed by atoms with Gasteiger partial charge in [-0.1, -0.05) is 6.07 Å². The molecule has 0 aliphatic rings. The molecule has 1 N–H and O–H groups in total. The zero-order valence-corrected chi connectivity index (χ0v) is 11.8. The van der Waals surface area contributed by atoms with Gasteiger partial charge in [-0.15, -0.1) is 0 Å². The van der Waals surface area contributed by atoms with Crippen LogP contribution >= 0.6 is 0 Å². The van der Waals surface area contributed by atoms with Crippen molar-refractivity contribution in [2.75, 3.05) is 14.1 Å². The summed E-state index contributed by atoms with van der Waals surface area (Å²) in [4.78, 5) is 6.58. The monoisotopic (exact) mass is 259 g/mol. The van der Waals surface area contributed by atoms with Crippen LogP contribution in [0.25, 0.3) is 0 Å². The first-order valence-corrected chi connectivity index (χ1v) is 6.50. The van der Waals surface area contributed by atoms with E-state index in [0.29, 0.717) is 0 Å². The quantitative estimate of drug-likeness (QED) is 0.864. The molecule has 0 radical (unpaired) electrons. The number of nitrogens with zero attached hydrogens (tertiary/aromatic N) is 2. The average Bonchev–Trinajstić information content (AvgIpc) is 2.71. The minimum atomic E-state index is 0.769. The minimum Gasteiger partial charge on any atom is -0.465 e. The van der Waals surface area contributed by atoms with Crippen LogP contribution in [0.1, 0.15) is 22.8 Å². The number of aromatic nitrogens is 1. The van der Waals surface area contributed by atoms with Crippen molar-refractivity contribution in [3.8, 4) is 0 Å². The minimum absolute atomic E-state index is 0.769. The van der Waals surface area contributed by atoms with Crippen molar-refractivity contribution in [3.63, 3.8) is 0 Å². The van der Waals surface area contributed by atoms with Crippen LogP contribution in [0, 0.1) is 6.92 Å². The predicted molar refractivity (Wildman–Crippen MR) is 75.6 cm³/mol. The van der Waals surface area contributed by atoms with Gasteiger partial charge in [0.2, 0.25) is 0 Å². The Labute approximate surface area is 114 Å². The fraction of sp³-hybridized carbons (Fsp3) is 0.400. The first kappa shape index (κ1) is 13.8. The van der Waals surface area contributed by atoms with E-state index in [9.17, 15) is 0 Å². The van der Waals surface area contributed by atoms with Crippen LogP contribution in [0.4, 0.5) is 0 Å². The lowest BCUT2D eigenvalue weighted by atomic mass is 10.2. The molecule has 0 aliphatic carbocycles. The third kappa shape index (κ3) is 3.91. The van der Waals surface area contributed by atoms with Gasteiger partial charge in [0.15, 0.2) is 0 Å². The van der Waals surface area contributed by atoms with E-state index in [4.69, 9.17) is 4.42 Å². The first-order chi connectivity index (χ1) is 9.19. The summed E-state index contributed by atoms with van der Waals surface area (Å²) in [6, 6.07) is 8.13.